The Morgan fingerprint density at radius 1 is 0.776 bits per heavy atom. The zero-order valence-corrected chi connectivity index (χ0v) is 30.3. The van der Waals surface area contributed by atoms with Crippen molar-refractivity contribution >= 4 is 62.4 Å². The summed E-state index contributed by atoms with van der Waals surface area (Å²) in [5.41, 5.74) is 14.8. The van der Waals surface area contributed by atoms with Crippen molar-refractivity contribution in [2.45, 2.75) is 80.1 Å². The van der Waals surface area contributed by atoms with Crippen LogP contribution in [0.15, 0.2) is 24.3 Å². The van der Waals surface area contributed by atoms with Crippen LogP contribution in [0.4, 0.5) is 0 Å². The van der Waals surface area contributed by atoms with Crippen molar-refractivity contribution in [1.29, 1.82) is 5.26 Å². The normalized spacial score (nSPS) is 12.7. The first-order valence-corrected chi connectivity index (χ1v) is 16.3. The third-order valence-electron chi connectivity index (χ3n) is 9.45. The first-order chi connectivity index (χ1) is 23.1. The maximum atomic E-state index is 12.3. The van der Waals surface area contributed by atoms with Gasteiger partial charge in [0, 0.05) is 18.9 Å². The summed E-state index contributed by atoms with van der Waals surface area (Å²) in [6, 6.07) is 8.16. The Kier molecular flexibility index (Phi) is 11.8. The predicted octanol–water partition coefficient (Wildman–Crippen LogP) is 7.62. The Hall–Kier alpha value is -4.74. The van der Waals surface area contributed by atoms with E-state index < -0.39 is 0 Å². The van der Waals surface area contributed by atoms with Gasteiger partial charge in [-0.25, -0.2) is 9.97 Å². The predicted molar refractivity (Wildman–Crippen MR) is 189 cm³/mol. The summed E-state index contributed by atoms with van der Waals surface area (Å²) in [6.07, 6.45) is 5.98. The summed E-state index contributed by atoms with van der Waals surface area (Å²) in [7, 11) is 2.77. The van der Waals surface area contributed by atoms with E-state index in [1.807, 2.05) is 26.0 Å². The summed E-state index contributed by atoms with van der Waals surface area (Å²) in [5.74, 6) is -0.625. The van der Waals surface area contributed by atoms with Crippen LogP contribution >= 0.6 is 0 Å². The average Bonchev–Trinajstić information content (AvgIpc) is 3.75. The van der Waals surface area contributed by atoms with E-state index in [-0.39, 0.29) is 41.3 Å². The average molecular weight is 702 g/mol. The smallest absolute Gasteiger partial charge is 0.657 e. The van der Waals surface area contributed by atoms with Gasteiger partial charge >= 0.3 is 28.4 Å². The van der Waals surface area contributed by atoms with Crippen LogP contribution in [0.25, 0.3) is 50.4 Å². The first-order valence-electron chi connectivity index (χ1n) is 16.3. The van der Waals surface area contributed by atoms with Gasteiger partial charge in [0.05, 0.1) is 43.1 Å². The quantitative estimate of drug-likeness (QED) is 0.126. The van der Waals surface area contributed by atoms with Crippen molar-refractivity contribution in [3.8, 4) is 6.07 Å². The molecule has 10 heteroatoms. The monoisotopic (exact) mass is 701 g/mol. The number of hydrogen-bond donors (Lipinski definition) is 0. The number of allylic oxidation sites excluding steroid dienone is 5. The molecule has 0 spiro atoms. The Labute approximate surface area is 297 Å². The van der Waals surface area contributed by atoms with Crippen LogP contribution in [0.2, 0.25) is 0 Å². The number of aromatic nitrogens is 4. The Bertz CT molecular complexity index is 2120. The minimum absolute atomic E-state index is 0. The maximum absolute atomic E-state index is 12.3. The van der Waals surface area contributed by atoms with Gasteiger partial charge in [-0.15, -0.1) is 22.1 Å². The van der Waals surface area contributed by atoms with E-state index in [0.717, 1.165) is 90.9 Å². The third-order valence-corrected chi connectivity index (χ3v) is 9.45. The van der Waals surface area contributed by atoms with E-state index in [2.05, 4.69) is 39.8 Å². The molecule has 3 aromatic heterocycles. The molecule has 8 bridgehead atoms. The van der Waals surface area contributed by atoms with Gasteiger partial charge in [-0.3, -0.25) is 9.59 Å². The van der Waals surface area contributed by atoms with Crippen LogP contribution < -0.4 is 9.97 Å². The minimum Gasteiger partial charge on any atom is -0.657 e. The van der Waals surface area contributed by atoms with Crippen molar-refractivity contribution in [3.63, 3.8) is 0 Å². The molecule has 0 unspecified atom stereocenters. The SMILES string of the molecule is CCC1=C(C)c2cc3[n-]c(c(C)c3CC)c(/C=C/C#N)c3nc(cc4[n-]c(cc1n2)c(C)c4CCC(=O)OC)C(CCC(=O)OC)=C3C.[Ni+2]. The van der Waals surface area contributed by atoms with Gasteiger partial charge in [0.15, 0.2) is 0 Å². The number of carbonyl (C=O) groups excluding carboxylic acids is 2. The molecule has 256 valence electrons. The molecular formula is C39H41N5NiO4. The fraction of sp³-hybridized carbons (Fsp3) is 0.359. The molecule has 9 nitrogen and oxygen atoms in total. The maximum Gasteiger partial charge on any atom is 2.00 e. The molecule has 0 saturated carbocycles. The fourth-order valence-corrected chi connectivity index (χ4v) is 6.71. The van der Waals surface area contributed by atoms with Crippen LogP contribution in [-0.4, -0.2) is 36.1 Å². The summed E-state index contributed by atoms with van der Waals surface area (Å²) in [4.78, 5) is 45.1. The van der Waals surface area contributed by atoms with Crippen LogP contribution in [0.5, 0.6) is 0 Å². The van der Waals surface area contributed by atoms with E-state index in [1.165, 1.54) is 20.3 Å². The molecule has 49 heavy (non-hydrogen) atoms. The Balaban J connectivity index is 0.00000541. The van der Waals surface area contributed by atoms with E-state index in [1.54, 1.807) is 6.08 Å². The molecule has 0 radical (unpaired) electrons. The fourth-order valence-electron chi connectivity index (χ4n) is 6.71. The first kappa shape index (κ1) is 37.1. The molecular weight excluding hydrogens is 661 g/mol. The molecule has 0 saturated heterocycles. The summed E-state index contributed by atoms with van der Waals surface area (Å²) in [6.45, 7) is 12.4. The second-order valence-corrected chi connectivity index (χ2v) is 12.0. The zero-order valence-electron chi connectivity index (χ0n) is 29.3. The number of rotatable bonds is 9. The number of nitriles is 1. The Morgan fingerprint density at radius 2 is 1.39 bits per heavy atom. The number of ether oxygens (including phenoxy) is 2. The molecule has 0 N–H and O–H groups in total. The molecule has 0 aliphatic carbocycles. The van der Waals surface area contributed by atoms with Gasteiger partial charge in [-0.1, -0.05) is 54.3 Å². The summed E-state index contributed by atoms with van der Waals surface area (Å²) < 4.78 is 9.94. The number of hydrogen-bond acceptors (Lipinski definition) is 7. The molecule has 0 fully saturated rings. The van der Waals surface area contributed by atoms with Crippen molar-refractivity contribution in [1.82, 2.24) is 19.9 Å². The van der Waals surface area contributed by atoms with Crippen molar-refractivity contribution in [2.24, 2.45) is 0 Å². The topological polar surface area (TPSA) is 130 Å². The molecule has 2 aliphatic rings. The van der Waals surface area contributed by atoms with E-state index in [0.29, 0.717) is 29.7 Å². The standard InChI is InChI=1S/C39H41N5O4.Ni/c1-9-25-21(3)30-19-33-26(10-2)23(5)38(43-33)29(12-11-17-40)39-24(6)28(14-16-37(46)48-8)35(44-39)20-34-27(13-15-36(45)47-7)22(4)31(42-34)18-32(25)41-30;/h11-12,18-20H,9-10,13-16H2,1-8H3;/q-2;+2/b12-11+,30-19?,31-18?,32-18?,33-19?,34-20?,35-20?,38-29?,39-29?;. The van der Waals surface area contributed by atoms with Gasteiger partial charge in [0.25, 0.3) is 0 Å². The third kappa shape index (κ3) is 7.18. The minimum atomic E-state index is -0.322. The van der Waals surface area contributed by atoms with Crippen LogP contribution in [0.3, 0.4) is 0 Å². The summed E-state index contributed by atoms with van der Waals surface area (Å²) in [5, 5.41) is 9.60. The number of esters is 2. The van der Waals surface area contributed by atoms with E-state index in [4.69, 9.17) is 29.4 Å². The summed E-state index contributed by atoms with van der Waals surface area (Å²) >= 11 is 0. The number of methoxy groups -OCH3 is 2. The molecule has 2 aliphatic heterocycles. The van der Waals surface area contributed by atoms with Gasteiger partial charge in [-0.05, 0) is 87.3 Å². The molecule has 3 aromatic rings. The molecule has 0 amide bonds. The molecule has 0 atom stereocenters. The molecule has 0 aromatic carbocycles. The zero-order chi connectivity index (χ0) is 34.7. The van der Waals surface area contributed by atoms with Gasteiger partial charge in [0.2, 0.25) is 0 Å². The van der Waals surface area contributed by atoms with E-state index >= 15 is 0 Å². The molecule has 5 heterocycles. The van der Waals surface area contributed by atoms with Crippen molar-refractivity contribution in [3.05, 3.63) is 74.9 Å². The number of fused-ring (bicyclic) bond motifs is 8. The Morgan fingerprint density at radius 3 is 2.02 bits per heavy atom. The largest absolute Gasteiger partial charge is 2.00 e. The molecule has 5 rings (SSSR count). The van der Waals surface area contributed by atoms with Crippen LogP contribution in [0, 0.1) is 25.2 Å². The number of nitrogens with zero attached hydrogens (tertiary/aromatic N) is 5. The second kappa shape index (κ2) is 15.7. The van der Waals surface area contributed by atoms with Gasteiger partial charge < -0.3 is 19.4 Å². The van der Waals surface area contributed by atoms with Crippen molar-refractivity contribution in [2.75, 3.05) is 14.2 Å². The van der Waals surface area contributed by atoms with Gasteiger partial charge in [-0.2, -0.15) is 5.26 Å². The number of carbonyl (C=O) groups is 2. The second-order valence-electron chi connectivity index (χ2n) is 12.0. The van der Waals surface area contributed by atoms with Gasteiger partial charge in [0.1, 0.15) is 0 Å². The van der Waals surface area contributed by atoms with E-state index in [9.17, 15) is 14.9 Å². The van der Waals surface area contributed by atoms with Crippen LogP contribution in [0.1, 0.15) is 104 Å². The number of aryl methyl sites for hydroxylation is 4. The van der Waals surface area contributed by atoms with Crippen LogP contribution in [-0.2, 0) is 48.4 Å². The van der Waals surface area contributed by atoms with Crippen molar-refractivity contribution < 1.29 is 35.6 Å².